The molecular weight excluding hydrogens is 224 g/mol. The Morgan fingerprint density at radius 3 is 1.44 bits per heavy atom. The summed E-state index contributed by atoms with van der Waals surface area (Å²) in [6.45, 7) is 19.4. The maximum atomic E-state index is 6.07. The van der Waals surface area contributed by atoms with E-state index in [2.05, 4.69) is 55.4 Å². The summed E-state index contributed by atoms with van der Waals surface area (Å²) in [6.07, 6.45) is 0. The van der Waals surface area contributed by atoms with Gasteiger partial charge in [0.2, 0.25) is 0 Å². The van der Waals surface area contributed by atoms with E-state index < -0.39 is 0 Å². The molecule has 0 spiro atoms. The zero-order chi connectivity index (χ0) is 14.6. The van der Waals surface area contributed by atoms with Gasteiger partial charge in [0.25, 0.3) is 0 Å². The Labute approximate surface area is 113 Å². The fourth-order valence-electron chi connectivity index (χ4n) is 4.44. The molecule has 1 fully saturated rings. The summed E-state index contributed by atoms with van der Waals surface area (Å²) < 4.78 is 11.6. The monoisotopic (exact) mass is 256 g/mol. The average molecular weight is 256 g/mol. The van der Waals surface area contributed by atoms with Crippen LogP contribution in [0.2, 0.25) is 0 Å². The second-order valence-electron chi connectivity index (χ2n) is 7.88. The Morgan fingerprint density at radius 2 is 1.11 bits per heavy atom. The molecule has 1 rings (SSSR count). The summed E-state index contributed by atoms with van der Waals surface area (Å²) in [5.41, 5.74) is 0.0767. The lowest BCUT2D eigenvalue weighted by Gasteiger charge is -2.50. The fraction of sp³-hybridized carbons (Fsp3) is 1.00. The maximum Gasteiger partial charge on any atom is 0.0787 e. The SMILES string of the molecule is COC[C@]1(C)C(C)(C)C(C)(C)C(C)(C)[C@]1(C)OC. The van der Waals surface area contributed by atoms with Crippen LogP contribution in [0.4, 0.5) is 0 Å². The first-order chi connectivity index (χ1) is 7.87. The minimum atomic E-state index is -0.219. The molecule has 1 aliphatic carbocycles. The smallest absolute Gasteiger partial charge is 0.0787 e. The predicted molar refractivity (Wildman–Crippen MR) is 76.7 cm³/mol. The summed E-state index contributed by atoms with van der Waals surface area (Å²) in [7, 11) is 3.63. The number of hydrogen-bond donors (Lipinski definition) is 0. The molecule has 1 aliphatic rings. The van der Waals surface area contributed by atoms with Crippen LogP contribution >= 0.6 is 0 Å². The largest absolute Gasteiger partial charge is 0.384 e. The van der Waals surface area contributed by atoms with E-state index in [4.69, 9.17) is 9.47 Å². The molecule has 2 atom stereocenters. The first-order valence-electron chi connectivity index (χ1n) is 6.91. The van der Waals surface area contributed by atoms with Crippen LogP contribution in [-0.2, 0) is 9.47 Å². The van der Waals surface area contributed by atoms with Gasteiger partial charge in [-0.05, 0) is 23.2 Å². The van der Waals surface area contributed by atoms with Gasteiger partial charge in [-0.2, -0.15) is 0 Å². The minimum absolute atomic E-state index is 0.0312. The molecule has 18 heavy (non-hydrogen) atoms. The van der Waals surface area contributed by atoms with Crippen molar-refractivity contribution in [2.45, 2.75) is 61.0 Å². The third-order valence-corrected chi connectivity index (χ3v) is 7.59. The van der Waals surface area contributed by atoms with Gasteiger partial charge in [-0.1, -0.05) is 48.5 Å². The molecule has 0 amide bonds. The molecule has 0 aromatic heterocycles. The van der Waals surface area contributed by atoms with Gasteiger partial charge in [0, 0.05) is 19.6 Å². The van der Waals surface area contributed by atoms with Gasteiger partial charge < -0.3 is 9.47 Å². The molecule has 0 heterocycles. The van der Waals surface area contributed by atoms with Crippen LogP contribution in [0, 0.1) is 21.7 Å². The van der Waals surface area contributed by atoms with Gasteiger partial charge in [0.1, 0.15) is 0 Å². The van der Waals surface area contributed by atoms with Gasteiger partial charge in [-0.25, -0.2) is 0 Å². The van der Waals surface area contributed by atoms with Crippen LogP contribution in [0.5, 0.6) is 0 Å². The Morgan fingerprint density at radius 1 is 0.667 bits per heavy atom. The van der Waals surface area contributed by atoms with Crippen molar-refractivity contribution in [2.75, 3.05) is 20.8 Å². The van der Waals surface area contributed by atoms with Crippen LogP contribution in [0.15, 0.2) is 0 Å². The summed E-state index contributed by atoms with van der Waals surface area (Å²) in [5.74, 6) is 0. The molecular formula is C16H32O2. The second-order valence-corrected chi connectivity index (χ2v) is 7.88. The molecule has 0 saturated heterocycles. The third-order valence-electron chi connectivity index (χ3n) is 7.59. The molecule has 108 valence electrons. The highest BCUT2D eigenvalue weighted by Crippen LogP contribution is 2.75. The highest BCUT2D eigenvalue weighted by atomic mass is 16.5. The van der Waals surface area contributed by atoms with Gasteiger partial charge in [-0.15, -0.1) is 0 Å². The van der Waals surface area contributed by atoms with Crippen molar-refractivity contribution in [1.82, 2.24) is 0 Å². The number of methoxy groups -OCH3 is 2. The van der Waals surface area contributed by atoms with Gasteiger partial charge in [-0.3, -0.25) is 0 Å². The molecule has 0 aliphatic heterocycles. The lowest BCUT2D eigenvalue weighted by Crippen LogP contribution is -2.55. The van der Waals surface area contributed by atoms with Crippen LogP contribution in [0.1, 0.15) is 55.4 Å². The van der Waals surface area contributed by atoms with E-state index >= 15 is 0 Å². The summed E-state index contributed by atoms with van der Waals surface area (Å²) >= 11 is 0. The zero-order valence-corrected chi connectivity index (χ0v) is 14.0. The molecule has 0 aromatic rings. The molecule has 0 bridgehead atoms. The Bertz CT molecular complexity index is 330. The Kier molecular flexibility index (Phi) is 3.51. The molecule has 0 radical (unpaired) electrons. The second kappa shape index (κ2) is 3.96. The van der Waals surface area contributed by atoms with Crippen molar-refractivity contribution in [3.63, 3.8) is 0 Å². The van der Waals surface area contributed by atoms with E-state index in [-0.39, 0.29) is 27.3 Å². The van der Waals surface area contributed by atoms with E-state index in [9.17, 15) is 0 Å². The van der Waals surface area contributed by atoms with E-state index in [0.717, 1.165) is 6.61 Å². The van der Waals surface area contributed by atoms with Crippen LogP contribution < -0.4 is 0 Å². The van der Waals surface area contributed by atoms with Gasteiger partial charge in [0.15, 0.2) is 0 Å². The highest BCUT2D eigenvalue weighted by molar-refractivity contribution is 5.24. The number of ether oxygens (including phenoxy) is 2. The van der Waals surface area contributed by atoms with E-state index in [1.807, 2.05) is 7.11 Å². The van der Waals surface area contributed by atoms with Crippen LogP contribution in [0.3, 0.4) is 0 Å². The topological polar surface area (TPSA) is 18.5 Å². The van der Waals surface area contributed by atoms with Gasteiger partial charge in [0.05, 0.1) is 12.2 Å². The van der Waals surface area contributed by atoms with Crippen molar-refractivity contribution in [3.05, 3.63) is 0 Å². The quantitative estimate of drug-likeness (QED) is 0.755. The molecule has 0 N–H and O–H groups in total. The van der Waals surface area contributed by atoms with Crippen molar-refractivity contribution in [3.8, 4) is 0 Å². The van der Waals surface area contributed by atoms with Crippen molar-refractivity contribution in [2.24, 2.45) is 21.7 Å². The average Bonchev–Trinajstić information content (AvgIpc) is 2.30. The highest BCUT2D eigenvalue weighted by Gasteiger charge is 2.75. The predicted octanol–water partition coefficient (Wildman–Crippen LogP) is 4.14. The minimum Gasteiger partial charge on any atom is -0.384 e. The normalized spacial score (nSPS) is 41.0. The van der Waals surface area contributed by atoms with E-state index in [1.54, 1.807) is 7.11 Å². The molecule has 1 saturated carbocycles. The first kappa shape index (κ1) is 16.0. The number of hydrogen-bond acceptors (Lipinski definition) is 2. The lowest BCUT2D eigenvalue weighted by atomic mass is 9.57. The molecule has 0 unspecified atom stereocenters. The van der Waals surface area contributed by atoms with E-state index in [0.29, 0.717) is 0 Å². The van der Waals surface area contributed by atoms with Crippen molar-refractivity contribution >= 4 is 0 Å². The zero-order valence-electron chi connectivity index (χ0n) is 14.0. The summed E-state index contributed by atoms with van der Waals surface area (Å²) in [6, 6.07) is 0. The Balaban J connectivity index is 3.59. The van der Waals surface area contributed by atoms with Gasteiger partial charge >= 0.3 is 0 Å². The lowest BCUT2D eigenvalue weighted by molar-refractivity contribution is -0.167. The summed E-state index contributed by atoms with van der Waals surface area (Å²) in [5, 5.41) is 0. The molecule has 2 heteroatoms. The molecule has 0 aromatic carbocycles. The van der Waals surface area contributed by atoms with Crippen molar-refractivity contribution < 1.29 is 9.47 Å². The fourth-order valence-corrected chi connectivity index (χ4v) is 4.44. The molecule has 2 nitrogen and oxygen atoms in total. The maximum absolute atomic E-state index is 6.07. The third kappa shape index (κ3) is 1.31. The first-order valence-corrected chi connectivity index (χ1v) is 6.91. The summed E-state index contributed by atoms with van der Waals surface area (Å²) in [4.78, 5) is 0. The van der Waals surface area contributed by atoms with Crippen LogP contribution in [0.25, 0.3) is 0 Å². The number of rotatable bonds is 3. The van der Waals surface area contributed by atoms with Crippen LogP contribution in [-0.4, -0.2) is 26.4 Å². The van der Waals surface area contributed by atoms with E-state index in [1.165, 1.54) is 0 Å². The Hall–Kier alpha value is -0.0800. The van der Waals surface area contributed by atoms with Crippen molar-refractivity contribution in [1.29, 1.82) is 0 Å². The standard InChI is InChI=1S/C16H32O2/c1-12(2)13(3,4)15(7,11-17-9)16(8,18-10)14(12,5)6/h11H2,1-10H3/t15-,16+/m1/s1.